The first-order valence-electron chi connectivity index (χ1n) is 6.33. The zero-order chi connectivity index (χ0) is 13.8. The third-order valence-electron chi connectivity index (χ3n) is 3.14. The fourth-order valence-electron chi connectivity index (χ4n) is 2.22. The molecule has 0 aliphatic heterocycles. The molecule has 0 saturated carbocycles. The van der Waals surface area contributed by atoms with E-state index in [1.165, 1.54) is 20.5 Å². The average molecular weight is 359 g/mol. The molecule has 102 valence electrons. The molecule has 2 rings (SSSR count). The second-order valence-electron chi connectivity index (χ2n) is 4.51. The molecule has 0 aliphatic carbocycles. The maximum Gasteiger partial charge on any atom is 0.0408 e. The van der Waals surface area contributed by atoms with Crippen LogP contribution in [0.5, 0.6) is 0 Å². The van der Waals surface area contributed by atoms with E-state index >= 15 is 0 Å². The molecular formula is C15H17BrClNS. The lowest BCUT2D eigenvalue weighted by molar-refractivity contribution is 0.550. The molecule has 19 heavy (non-hydrogen) atoms. The van der Waals surface area contributed by atoms with Crippen LogP contribution >= 0.6 is 38.9 Å². The van der Waals surface area contributed by atoms with Crippen molar-refractivity contribution in [2.24, 2.45) is 0 Å². The molecular weight excluding hydrogens is 342 g/mol. The highest BCUT2D eigenvalue weighted by Gasteiger charge is 2.15. The molecule has 1 aromatic carbocycles. The summed E-state index contributed by atoms with van der Waals surface area (Å²) in [6.07, 6.45) is 0.995. The van der Waals surface area contributed by atoms with Crippen molar-refractivity contribution in [3.63, 3.8) is 0 Å². The Bertz CT molecular complexity index is 553. The van der Waals surface area contributed by atoms with Crippen LogP contribution in [-0.4, -0.2) is 6.54 Å². The van der Waals surface area contributed by atoms with Crippen LogP contribution in [0.3, 0.4) is 0 Å². The fraction of sp³-hybridized carbons (Fsp3) is 0.333. The van der Waals surface area contributed by atoms with Gasteiger partial charge in [-0.1, -0.05) is 24.6 Å². The van der Waals surface area contributed by atoms with Crippen LogP contribution in [0.2, 0.25) is 5.02 Å². The van der Waals surface area contributed by atoms with Crippen molar-refractivity contribution in [1.29, 1.82) is 0 Å². The van der Waals surface area contributed by atoms with Crippen LogP contribution in [0, 0.1) is 6.92 Å². The molecule has 1 N–H and O–H groups in total. The number of aryl methyl sites for hydroxylation is 1. The average Bonchev–Trinajstić information content (AvgIpc) is 2.75. The van der Waals surface area contributed by atoms with Gasteiger partial charge in [0.2, 0.25) is 0 Å². The van der Waals surface area contributed by atoms with Gasteiger partial charge in [0.05, 0.1) is 0 Å². The van der Waals surface area contributed by atoms with Crippen LogP contribution in [0.15, 0.2) is 34.1 Å². The first-order valence-corrected chi connectivity index (χ1v) is 8.38. The number of thiophene rings is 1. The number of rotatable bonds is 5. The lowest BCUT2D eigenvalue weighted by atomic mass is 9.98. The summed E-state index contributed by atoms with van der Waals surface area (Å²) in [6.45, 7) is 5.21. The number of nitrogens with one attached hydrogen (secondary N) is 1. The van der Waals surface area contributed by atoms with E-state index in [0.29, 0.717) is 6.04 Å². The summed E-state index contributed by atoms with van der Waals surface area (Å²) in [4.78, 5) is 1.38. The maximum atomic E-state index is 6.04. The monoisotopic (exact) mass is 357 g/mol. The van der Waals surface area contributed by atoms with Crippen LogP contribution in [0.1, 0.15) is 29.0 Å². The van der Waals surface area contributed by atoms with Gasteiger partial charge in [0, 0.05) is 26.8 Å². The largest absolute Gasteiger partial charge is 0.310 e. The highest BCUT2D eigenvalue weighted by molar-refractivity contribution is 9.10. The first kappa shape index (κ1) is 15.0. The Morgan fingerprint density at radius 1 is 1.37 bits per heavy atom. The first-order chi connectivity index (χ1) is 9.11. The van der Waals surface area contributed by atoms with Gasteiger partial charge in [-0.25, -0.2) is 0 Å². The molecule has 0 aliphatic rings. The third kappa shape index (κ3) is 3.82. The molecule has 1 aromatic heterocycles. The van der Waals surface area contributed by atoms with Gasteiger partial charge in [0.1, 0.15) is 0 Å². The van der Waals surface area contributed by atoms with Crippen molar-refractivity contribution in [1.82, 2.24) is 5.32 Å². The Morgan fingerprint density at radius 3 is 2.74 bits per heavy atom. The molecule has 4 heteroatoms. The number of halogens is 2. The van der Waals surface area contributed by atoms with Gasteiger partial charge < -0.3 is 5.32 Å². The van der Waals surface area contributed by atoms with Gasteiger partial charge in [-0.05, 0) is 64.1 Å². The van der Waals surface area contributed by atoms with Crippen LogP contribution in [-0.2, 0) is 6.42 Å². The third-order valence-corrected chi connectivity index (χ3v) is 5.32. The molecule has 0 spiro atoms. The number of hydrogen-bond donors (Lipinski definition) is 1. The van der Waals surface area contributed by atoms with Gasteiger partial charge >= 0.3 is 0 Å². The summed E-state index contributed by atoms with van der Waals surface area (Å²) in [7, 11) is 0. The zero-order valence-electron chi connectivity index (χ0n) is 11.0. The Morgan fingerprint density at radius 2 is 2.16 bits per heavy atom. The molecule has 0 bridgehead atoms. The van der Waals surface area contributed by atoms with Crippen molar-refractivity contribution < 1.29 is 0 Å². The maximum absolute atomic E-state index is 6.04. The predicted molar refractivity (Wildman–Crippen MR) is 88.3 cm³/mol. The zero-order valence-corrected chi connectivity index (χ0v) is 14.2. The molecule has 0 amide bonds. The minimum atomic E-state index is 0.331. The summed E-state index contributed by atoms with van der Waals surface area (Å²) in [5.74, 6) is 0. The van der Waals surface area contributed by atoms with Crippen molar-refractivity contribution in [3.05, 3.63) is 55.1 Å². The summed E-state index contributed by atoms with van der Waals surface area (Å²) < 4.78 is 1.20. The summed E-state index contributed by atoms with van der Waals surface area (Å²) >= 11 is 11.4. The predicted octanol–water partition coefficient (Wildman–Crippen LogP) is 5.37. The highest BCUT2D eigenvalue weighted by Crippen LogP contribution is 2.30. The summed E-state index contributed by atoms with van der Waals surface area (Å²) in [5, 5.41) is 6.49. The Kier molecular flexibility index (Phi) is 5.46. The number of benzene rings is 1. The molecule has 0 saturated heterocycles. The van der Waals surface area contributed by atoms with Crippen LogP contribution < -0.4 is 5.32 Å². The van der Waals surface area contributed by atoms with E-state index in [9.17, 15) is 0 Å². The fourth-order valence-corrected chi connectivity index (χ4v) is 4.01. The van der Waals surface area contributed by atoms with E-state index in [2.05, 4.69) is 52.6 Å². The van der Waals surface area contributed by atoms with Crippen LogP contribution in [0.4, 0.5) is 0 Å². The number of hydrogen-bond acceptors (Lipinski definition) is 2. The Hall–Kier alpha value is -0.350. The quantitative estimate of drug-likeness (QED) is 0.758. The Labute approximate surface area is 132 Å². The van der Waals surface area contributed by atoms with Crippen molar-refractivity contribution in [2.45, 2.75) is 26.3 Å². The Balaban J connectivity index is 2.27. The van der Waals surface area contributed by atoms with Gasteiger partial charge in [-0.15, -0.1) is 11.3 Å². The normalized spacial score (nSPS) is 12.6. The molecule has 0 radical (unpaired) electrons. The lowest BCUT2D eigenvalue weighted by Gasteiger charge is -2.20. The standard InChI is InChI=1S/C15H17BrClNS/c1-3-18-14(9-15-13(16)6-7-19-15)12-5-4-11(17)8-10(12)2/h4-8,14,18H,3,9H2,1-2H3. The van der Waals surface area contributed by atoms with Gasteiger partial charge in [-0.3, -0.25) is 0 Å². The SMILES string of the molecule is CCNC(Cc1sccc1Br)c1ccc(Cl)cc1C. The molecule has 0 fully saturated rings. The molecule has 1 heterocycles. The minimum absolute atomic E-state index is 0.331. The smallest absolute Gasteiger partial charge is 0.0408 e. The number of likely N-dealkylation sites (N-methyl/N-ethyl adjacent to an activating group) is 1. The molecule has 2 aromatic rings. The van der Waals surface area contributed by atoms with Crippen molar-refractivity contribution in [3.8, 4) is 0 Å². The van der Waals surface area contributed by atoms with E-state index in [1.54, 1.807) is 11.3 Å². The molecule has 1 atom stereocenters. The van der Waals surface area contributed by atoms with Crippen LogP contribution in [0.25, 0.3) is 0 Å². The van der Waals surface area contributed by atoms with E-state index in [0.717, 1.165) is 18.0 Å². The lowest BCUT2D eigenvalue weighted by Crippen LogP contribution is -2.23. The second-order valence-corrected chi connectivity index (χ2v) is 6.80. The second kappa shape index (κ2) is 6.89. The van der Waals surface area contributed by atoms with Gasteiger partial charge in [0.25, 0.3) is 0 Å². The topological polar surface area (TPSA) is 12.0 Å². The van der Waals surface area contributed by atoms with E-state index in [-0.39, 0.29) is 0 Å². The van der Waals surface area contributed by atoms with Gasteiger partial charge in [-0.2, -0.15) is 0 Å². The minimum Gasteiger partial charge on any atom is -0.310 e. The summed E-state index contributed by atoms with van der Waals surface area (Å²) in [6, 6.07) is 8.57. The molecule has 1 nitrogen and oxygen atoms in total. The highest BCUT2D eigenvalue weighted by atomic mass is 79.9. The summed E-state index contributed by atoms with van der Waals surface area (Å²) in [5.41, 5.74) is 2.57. The van der Waals surface area contributed by atoms with E-state index in [1.807, 2.05) is 12.1 Å². The van der Waals surface area contributed by atoms with Crippen molar-refractivity contribution >= 4 is 38.9 Å². The van der Waals surface area contributed by atoms with Gasteiger partial charge in [0.15, 0.2) is 0 Å². The van der Waals surface area contributed by atoms with Crippen molar-refractivity contribution in [2.75, 3.05) is 6.54 Å². The molecule has 1 unspecified atom stereocenters. The van der Waals surface area contributed by atoms with E-state index < -0.39 is 0 Å². The van der Waals surface area contributed by atoms with E-state index in [4.69, 9.17) is 11.6 Å².